The largest absolute Gasteiger partial charge is 0.457 e. The highest BCUT2D eigenvalue weighted by Crippen LogP contribution is 2.27. The summed E-state index contributed by atoms with van der Waals surface area (Å²) in [7, 11) is 0. The quantitative estimate of drug-likeness (QED) is 0.539. The summed E-state index contributed by atoms with van der Waals surface area (Å²) >= 11 is 0. The minimum atomic E-state index is 0.386. The Balaban J connectivity index is 1.64. The topological polar surface area (TPSA) is 106 Å². The molecule has 0 aliphatic heterocycles. The molecule has 4 rings (SSSR count). The number of nitrogen functional groups attached to an aromatic ring is 1. The van der Waals surface area contributed by atoms with Gasteiger partial charge in [-0.1, -0.05) is 0 Å². The van der Waals surface area contributed by atoms with Gasteiger partial charge in [-0.05, 0) is 25.1 Å². The number of nitrogens with one attached hydrogen (secondary N) is 2. The van der Waals surface area contributed by atoms with Gasteiger partial charge >= 0.3 is 0 Å². The van der Waals surface area contributed by atoms with Crippen LogP contribution in [0.1, 0.15) is 5.69 Å². The number of hydrogen-bond donors (Lipinski definition) is 3. The van der Waals surface area contributed by atoms with Crippen LogP contribution < -0.4 is 10.5 Å². The van der Waals surface area contributed by atoms with Crippen molar-refractivity contribution in [2.45, 2.75) is 6.92 Å². The van der Waals surface area contributed by atoms with Crippen molar-refractivity contribution in [2.24, 2.45) is 0 Å². The smallest absolute Gasteiger partial charge is 0.198 e. The molecule has 0 spiro atoms. The monoisotopic (exact) mass is 306 g/mol. The van der Waals surface area contributed by atoms with E-state index < -0.39 is 0 Å². The van der Waals surface area contributed by atoms with Crippen LogP contribution in [0.25, 0.3) is 22.6 Å². The molecule has 114 valence electrons. The Morgan fingerprint density at radius 2 is 1.91 bits per heavy atom. The van der Waals surface area contributed by atoms with Crippen molar-refractivity contribution in [1.82, 2.24) is 24.9 Å². The number of aryl methyl sites for hydroxylation is 1. The summed E-state index contributed by atoms with van der Waals surface area (Å²) in [6, 6.07) is 9.20. The molecule has 3 heterocycles. The van der Waals surface area contributed by atoms with Gasteiger partial charge in [0.25, 0.3) is 0 Å². The Hall–Kier alpha value is -3.35. The first-order valence-corrected chi connectivity index (χ1v) is 7.08. The van der Waals surface area contributed by atoms with Crippen LogP contribution in [0.5, 0.6) is 11.5 Å². The molecule has 4 N–H and O–H groups in total. The number of rotatable bonds is 3. The third kappa shape index (κ3) is 2.59. The van der Waals surface area contributed by atoms with Crippen LogP contribution in [0.15, 0.2) is 42.7 Å². The lowest BCUT2D eigenvalue weighted by molar-refractivity contribution is 0.483. The van der Waals surface area contributed by atoms with Gasteiger partial charge in [0.15, 0.2) is 11.8 Å². The van der Waals surface area contributed by atoms with Gasteiger partial charge in [-0.25, -0.2) is 9.97 Å². The lowest BCUT2D eigenvalue weighted by Gasteiger charge is -2.06. The number of aromatic amines is 2. The number of nitrogens with two attached hydrogens (primary N) is 1. The molecule has 3 aromatic heterocycles. The Kier molecular flexibility index (Phi) is 2.97. The van der Waals surface area contributed by atoms with Gasteiger partial charge in [0, 0.05) is 30.2 Å². The number of pyridine rings is 1. The number of aromatic nitrogens is 5. The van der Waals surface area contributed by atoms with Crippen LogP contribution in [0, 0.1) is 6.92 Å². The average molecular weight is 306 g/mol. The van der Waals surface area contributed by atoms with Crippen LogP contribution in [0.3, 0.4) is 0 Å². The summed E-state index contributed by atoms with van der Waals surface area (Å²) in [4.78, 5) is 18.9. The van der Waals surface area contributed by atoms with Crippen molar-refractivity contribution >= 4 is 17.0 Å². The molecular weight excluding hydrogens is 292 g/mol. The average Bonchev–Trinajstić information content (AvgIpc) is 3.12. The number of imidazole rings is 2. The van der Waals surface area contributed by atoms with E-state index in [1.54, 1.807) is 18.5 Å². The van der Waals surface area contributed by atoms with Gasteiger partial charge < -0.3 is 20.4 Å². The molecule has 0 bridgehead atoms. The maximum absolute atomic E-state index is 5.89. The van der Waals surface area contributed by atoms with Gasteiger partial charge in [-0.2, -0.15) is 0 Å². The number of benzene rings is 1. The van der Waals surface area contributed by atoms with Crippen LogP contribution >= 0.6 is 0 Å². The first kappa shape index (κ1) is 13.3. The highest BCUT2D eigenvalue weighted by atomic mass is 16.5. The van der Waals surface area contributed by atoms with E-state index in [0.29, 0.717) is 23.3 Å². The summed E-state index contributed by atoms with van der Waals surface area (Å²) in [5, 5.41) is 0. The summed E-state index contributed by atoms with van der Waals surface area (Å²) in [5.41, 5.74) is 8.99. The lowest BCUT2D eigenvalue weighted by atomic mass is 10.3. The number of fused-ring (bicyclic) bond motifs is 1. The second-order valence-electron chi connectivity index (χ2n) is 5.19. The third-order valence-corrected chi connectivity index (χ3v) is 3.39. The normalized spacial score (nSPS) is 11.0. The number of nitrogens with zero attached hydrogens (tertiary/aromatic N) is 3. The molecule has 7 heteroatoms. The van der Waals surface area contributed by atoms with Gasteiger partial charge in [0.05, 0.1) is 11.0 Å². The highest BCUT2D eigenvalue weighted by Gasteiger charge is 2.07. The molecule has 1 aromatic carbocycles. The summed E-state index contributed by atoms with van der Waals surface area (Å²) in [6.45, 7) is 1.95. The number of anilines is 1. The fourth-order valence-electron chi connectivity index (χ4n) is 2.35. The Labute approximate surface area is 131 Å². The summed E-state index contributed by atoms with van der Waals surface area (Å²) in [5.74, 6) is 2.45. The molecule has 4 aromatic rings. The molecule has 0 aliphatic carbocycles. The van der Waals surface area contributed by atoms with Crippen LogP contribution in [-0.4, -0.2) is 24.9 Å². The first-order valence-electron chi connectivity index (χ1n) is 7.08. The molecule has 0 amide bonds. The molecule has 0 radical (unpaired) electrons. The van der Waals surface area contributed by atoms with E-state index in [0.717, 1.165) is 22.4 Å². The fraction of sp³-hybridized carbons (Fsp3) is 0.0625. The maximum Gasteiger partial charge on any atom is 0.198 e. The second-order valence-corrected chi connectivity index (χ2v) is 5.19. The molecule has 0 saturated carbocycles. The van der Waals surface area contributed by atoms with Crippen LogP contribution in [0.2, 0.25) is 0 Å². The highest BCUT2D eigenvalue weighted by molar-refractivity contribution is 5.78. The third-order valence-electron chi connectivity index (χ3n) is 3.39. The van der Waals surface area contributed by atoms with Gasteiger partial charge in [0.1, 0.15) is 17.2 Å². The number of H-pyrrole nitrogens is 2. The number of ether oxygens (including phenoxy) is 1. The zero-order chi connectivity index (χ0) is 15.8. The number of hydrogen-bond acceptors (Lipinski definition) is 5. The van der Waals surface area contributed by atoms with E-state index >= 15 is 0 Å². The minimum Gasteiger partial charge on any atom is -0.457 e. The van der Waals surface area contributed by atoms with Crippen LogP contribution in [0.4, 0.5) is 5.95 Å². The molecule has 0 unspecified atom stereocenters. The van der Waals surface area contributed by atoms with E-state index in [2.05, 4.69) is 24.9 Å². The van der Waals surface area contributed by atoms with Gasteiger partial charge in [0.2, 0.25) is 0 Å². The molecular formula is C16H14N6O. The summed E-state index contributed by atoms with van der Waals surface area (Å²) < 4.78 is 5.89. The molecule has 23 heavy (non-hydrogen) atoms. The van der Waals surface area contributed by atoms with E-state index in [1.807, 2.05) is 31.2 Å². The van der Waals surface area contributed by atoms with Crippen molar-refractivity contribution in [3.8, 4) is 23.0 Å². The molecule has 0 fully saturated rings. The molecule has 0 saturated heterocycles. The van der Waals surface area contributed by atoms with Crippen molar-refractivity contribution in [1.29, 1.82) is 0 Å². The molecule has 0 atom stereocenters. The van der Waals surface area contributed by atoms with E-state index in [1.165, 1.54) is 0 Å². The first-order chi connectivity index (χ1) is 11.2. The van der Waals surface area contributed by atoms with E-state index in [4.69, 9.17) is 10.5 Å². The standard InChI is InChI=1S/C16H14N6O/c1-9-8-19-15(20-9)14-7-11(4-5-18-14)23-10-2-3-12-13(6-10)22-16(17)21-12/h2-8H,1H3,(H,19,20)(H3,17,21,22). The predicted molar refractivity (Wildman–Crippen MR) is 87.1 cm³/mol. The second kappa shape index (κ2) is 5.13. The van der Waals surface area contributed by atoms with Crippen molar-refractivity contribution in [3.05, 3.63) is 48.4 Å². The SMILES string of the molecule is Cc1cnc(-c2cc(Oc3ccc4[nH]c(N)nc4c3)ccn2)[nH]1. The zero-order valence-corrected chi connectivity index (χ0v) is 12.4. The van der Waals surface area contributed by atoms with E-state index in [9.17, 15) is 0 Å². The Morgan fingerprint density at radius 3 is 2.74 bits per heavy atom. The zero-order valence-electron chi connectivity index (χ0n) is 12.4. The van der Waals surface area contributed by atoms with Crippen molar-refractivity contribution in [2.75, 3.05) is 5.73 Å². The lowest BCUT2D eigenvalue weighted by Crippen LogP contribution is -1.89. The fourth-order valence-corrected chi connectivity index (χ4v) is 2.35. The van der Waals surface area contributed by atoms with Crippen molar-refractivity contribution < 1.29 is 4.74 Å². The van der Waals surface area contributed by atoms with Gasteiger partial charge in [-0.3, -0.25) is 4.98 Å². The molecule has 0 aliphatic rings. The van der Waals surface area contributed by atoms with E-state index in [-0.39, 0.29) is 0 Å². The molecule has 7 nitrogen and oxygen atoms in total. The minimum absolute atomic E-state index is 0.386. The van der Waals surface area contributed by atoms with Crippen molar-refractivity contribution in [3.63, 3.8) is 0 Å². The maximum atomic E-state index is 5.89. The Morgan fingerprint density at radius 1 is 1.04 bits per heavy atom. The predicted octanol–water partition coefficient (Wildman–Crippen LogP) is 3.03. The Bertz CT molecular complexity index is 987. The van der Waals surface area contributed by atoms with Crippen LogP contribution in [-0.2, 0) is 0 Å². The summed E-state index contributed by atoms with van der Waals surface area (Å²) in [6.07, 6.45) is 3.45. The van der Waals surface area contributed by atoms with Gasteiger partial charge in [-0.15, -0.1) is 0 Å².